The Morgan fingerprint density at radius 1 is 0.423 bits per heavy atom. The summed E-state index contributed by atoms with van der Waals surface area (Å²) in [4.78, 5) is 24.4. The zero-order chi connectivity index (χ0) is 37.8. The number of rotatable bonds is 42. The van der Waals surface area contributed by atoms with Crippen LogP contribution in [-0.2, 0) is 19.1 Å². The van der Waals surface area contributed by atoms with E-state index in [0.29, 0.717) is 12.8 Å². The van der Waals surface area contributed by atoms with Crippen LogP contribution in [0.3, 0.4) is 0 Å². The number of unbranched alkanes of at least 4 members (excludes halogenated alkanes) is 30. The minimum Gasteiger partial charge on any atom is -0.462 e. The molecule has 0 spiro atoms. The molecule has 0 aromatic heterocycles. The number of ether oxygens (including phenoxy) is 2. The monoisotopic (exact) mass is 733 g/mol. The van der Waals surface area contributed by atoms with Crippen molar-refractivity contribution in [2.45, 2.75) is 251 Å². The fourth-order valence-electron chi connectivity index (χ4n) is 6.72. The van der Waals surface area contributed by atoms with E-state index in [1.807, 2.05) is 0 Å². The molecule has 52 heavy (non-hydrogen) atoms. The van der Waals surface area contributed by atoms with Crippen LogP contribution in [0.25, 0.3) is 0 Å². The summed E-state index contributed by atoms with van der Waals surface area (Å²) in [5, 5.41) is 9.59. The lowest BCUT2D eigenvalue weighted by Gasteiger charge is -2.15. The van der Waals surface area contributed by atoms with Crippen molar-refractivity contribution in [2.75, 3.05) is 13.2 Å². The van der Waals surface area contributed by atoms with Crippen molar-refractivity contribution >= 4 is 11.9 Å². The SMILES string of the molecule is CCCCCCCC/C=C/CCCCCCCCCCCC(=O)OC[C@H](CO)OC(=O)CCCCCCCCCCC/C=C/CCCCCCCC. The van der Waals surface area contributed by atoms with Gasteiger partial charge in [-0.25, -0.2) is 0 Å². The van der Waals surface area contributed by atoms with E-state index in [0.717, 1.165) is 38.5 Å². The van der Waals surface area contributed by atoms with Gasteiger partial charge in [0.1, 0.15) is 6.61 Å². The predicted octanol–water partition coefficient (Wildman–Crippen LogP) is 14.6. The van der Waals surface area contributed by atoms with Crippen LogP contribution in [0.1, 0.15) is 245 Å². The second-order valence-corrected chi connectivity index (χ2v) is 15.5. The Bertz CT molecular complexity index is 791. The molecule has 306 valence electrons. The predicted molar refractivity (Wildman–Crippen MR) is 224 cm³/mol. The fraction of sp³-hybridized carbons (Fsp3) is 0.872. The molecule has 0 saturated heterocycles. The molecule has 5 nitrogen and oxygen atoms in total. The number of allylic oxidation sites excluding steroid dienone is 4. The summed E-state index contributed by atoms with van der Waals surface area (Å²) in [6.07, 6.45) is 52.5. The van der Waals surface area contributed by atoms with Crippen LogP contribution in [0.4, 0.5) is 0 Å². The normalized spacial score (nSPS) is 12.3. The standard InChI is InChI=1S/C47H88O5/c1-3-5-7-9-11-13-15-17-19-21-23-25-27-29-31-33-35-37-39-41-46(49)51-44-45(43-48)52-47(50)42-40-38-36-34-32-30-28-26-24-22-20-18-16-14-12-10-8-6-4-2/h17-20,45,48H,3-16,21-44H2,1-2H3/b19-17+,20-18+/t45-/m0/s1. The van der Waals surface area contributed by atoms with E-state index < -0.39 is 6.10 Å². The van der Waals surface area contributed by atoms with Gasteiger partial charge in [-0.3, -0.25) is 9.59 Å². The fourth-order valence-corrected chi connectivity index (χ4v) is 6.72. The third kappa shape index (κ3) is 41.1. The Labute approximate surface area is 323 Å². The maximum atomic E-state index is 12.2. The zero-order valence-corrected chi connectivity index (χ0v) is 34.8. The Balaban J connectivity index is 3.50. The summed E-state index contributed by atoms with van der Waals surface area (Å²) in [6.45, 7) is 4.15. The van der Waals surface area contributed by atoms with Crippen LogP contribution in [0.5, 0.6) is 0 Å². The highest BCUT2D eigenvalue weighted by Crippen LogP contribution is 2.15. The molecule has 0 fully saturated rings. The number of hydrogen-bond donors (Lipinski definition) is 1. The van der Waals surface area contributed by atoms with Gasteiger partial charge in [0.15, 0.2) is 6.10 Å². The first-order chi connectivity index (χ1) is 25.6. The van der Waals surface area contributed by atoms with Gasteiger partial charge in [-0.1, -0.05) is 192 Å². The Hall–Kier alpha value is -1.62. The summed E-state index contributed by atoms with van der Waals surface area (Å²) in [5.74, 6) is -0.585. The molecule has 0 aliphatic rings. The van der Waals surface area contributed by atoms with E-state index in [2.05, 4.69) is 38.2 Å². The van der Waals surface area contributed by atoms with Gasteiger partial charge < -0.3 is 14.6 Å². The second kappa shape index (κ2) is 43.8. The third-order valence-electron chi connectivity index (χ3n) is 10.2. The highest BCUT2D eigenvalue weighted by atomic mass is 16.6. The van der Waals surface area contributed by atoms with Crippen LogP contribution in [-0.4, -0.2) is 36.4 Å². The van der Waals surface area contributed by atoms with Crippen molar-refractivity contribution in [2.24, 2.45) is 0 Å². The van der Waals surface area contributed by atoms with Crippen molar-refractivity contribution < 1.29 is 24.2 Å². The van der Waals surface area contributed by atoms with Crippen molar-refractivity contribution in [3.05, 3.63) is 24.3 Å². The van der Waals surface area contributed by atoms with Crippen LogP contribution >= 0.6 is 0 Å². The summed E-state index contributed by atoms with van der Waals surface area (Å²) >= 11 is 0. The van der Waals surface area contributed by atoms with Crippen molar-refractivity contribution in [1.82, 2.24) is 0 Å². The molecule has 0 saturated carbocycles. The molecule has 0 aliphatic heterocycles. The number of esters is 2. The van der Waals surface area contributed by atoms with Gasteiger partial charge in [0.05, 0.1) is 6.61 Å². The molecular weight excluding hydrogens is 645 g/mol. The molecule has 0 aromatic carbocycles. The summed E-state index contributed by atoms with van der Waals surface area (Å²) in [6, 6.07) is 0. The molecule has 0 bridgehead atoms. The maximum absolute atomic E-state index is 12.2. The molecule has 1 atom stereocenters. The lowest BCUT2D eigenvalue weighted by atomic mass is 10.1. The lowest BCUT2D eigenvalue weighted by Crippen LogP contribution is -2.28. The van der Waals surface area contributed by atoms with Crippen molar-refractivity contribution in [1.29, 1.82) is 0 Å². The first-order valence-electron chi connectivity index (χ1n) is 22.9. The highest BCUT2D eigenvalue weighted by molar-refractivity contribution is 5.70. The Kier molecular flexibility index (Phi) is 42.4. The number of aliphatic hydroxyl groups excluding tert-OH is 1. The van der Waals surface area contributed by atoms with E-state index in [1.165, 1.54) is 180 Å². The summed E-state index contributed by atoms with van der Waals surface area (Å²) in [7, 11) is 0. The first-order valence-corrected chi connectivity index (χ1v) is 22.9. The molecule has 1 N–H and O–H groups in total. The van der Waals surface area contributed by atoms with Gasteiger partial charge in [-0.15, -0.1) is 0 Å². The van der Waals surface area contributed by atoms with E-state index in [-0.39, 0.29) is 25.2 Å². The molecule has 5 heteroatoms. The summed E-state index contributed by atoms with van der Waals surface area (Å²) in [5.41, 5.74) is 0. The highest BCUT2D eigenvalue weighted by Gasteiger charge is 2.16. The lowest BCUT2D eigenvalue weighted by molar-refractivity contribution is -0.161. The third-order valence-corrected chi connectivity index (χ3v) is 10.2. The van der Waals surface area contributed by atoms with Crippen LogP contribution in [0.2, 0.25) is 0 Å². The Morgan fingerprint density at radius 3 is 1.04 bits per heavy atom. The van der Waals surface area contributed by atoms with E-state index in [4.69, 9.17) is 9.47 Å². The molecular formula is C47H88O5. The van der Waals surface area contributed by atoms with Gasteiger partial charge in [0, 0.05) is 12.8 Å². The molecule has 0 amide bonds. The van der Waals surface area contributed by atoms with Crippen LogP contribution < -0.4 is 0 Å². The zero-order valence-electron chi connectivity index (χ0n) is 34.8. The number of carbonyl (C=O) groups is 2. The van der Waals surface area contributed by atoms with E-state index in [9.17, 15) is 14.7 Å². The van der Waals surface area contributed by atoms with Gasteiger partial charge in [-0.2, -0.15) is 0 Å². The van der Waals surface area contributed by atoms with Crippen LogP contribution in [0, 0.1) is 0 Å². The quantitative estimate of drug-likeness (QED) is 0.0384. The van der Waals surface area contributed by atoms with E-state index in [1.54, 1.807) is 0 Å². The molecule has 0 heterocycles. The van der Waals surface area contributed by atoms with Gasteiger partial charge in [0.25, 0.3) is 0 Å². The second-order valence-electron chi connectivity index (χ2n) is 15.5. The van der Waals surface area contributed by atoms with E-state index >= 15 is 0 Å². The topological polar surface area (TPSA) is 72.8 Å². The minimum atomic E-state index is -0.770. The molecule has 0 unspecified atom stereocenters. The number of hydrogen-bond acceptors (Lipinski definition) is 5. The van der Waals surface area contributed by atoms with Gasteiger partial charge in [-0.05, 0) is 64.2 Å². The minimum absolute atomic E-state index is 0.0640. The smallest absolute Gasteiger partial charge is 0.306 e. The average molecular weight is 733 g/mol. The number of aliphatic hydroxyl groups is 1. The molecule has 0 aliphatic carbocycles. The maximum Gasteiger partial charge on any atom is 0.306 e. The number of carbonyl (C=O) groups excluding carboxylic acids is 2. The van der Waals surface area contributed by atoms with Crippen molar-refractivity contribution in [3.8, 4) is 0 Å². The van der Waals surface area contributed by atoms with Gasteiger partial charge in [0.2, 0.25) is 0 Å². The largest absolute Gasteiger partial charge is 0.462 e. The Morgan fingerprint density at radius 2 is 0.712 bits per heavy atom. The van der Waals surface area contributed by atoms with Gasteiger partial charge >= 0.3 is 11.9 Å². The average Bonchev–Trinajstić information content (AvgIpc) is 3.15. The molecule has 0 radical (unpaired) electrons. The van der Waals surface area contributed by atoms with Crippen molar-refractivity contribution in [3.63, 3.8) is 0 Å². The molecule has 0 rings (SSSR count). The summed E-state index contributed by atoms with van der Waals surface area (Å²) < 4.78 is 10.7. The molecule has 0 aromatic rings. The first kappa shape index (κ1) is 50.4. The van der Waals surface area contributed by atoms with Crippen LogP contribution in [0.15, 0.2) is 24.3 Å².